The highest BCUT2D eigenvalue weighted by Crippen LogP contribution is 2.30. The summed E-state index contributed by atoms with van der Waals surface area (Å²) in [5.74, 6) is 0.544. The molecule has 1 aliphatic rings. The summed E-state index contributed by atoms with van der Waals surface area (Å²) in [6.45, 7) is 0.686. The summed E-state index contributed by atoms with van der Waals surface area (Å²) >= 11 is 6.11. The Labute approximate surface area is 121 Å². The second kappa shape index (κ2) is 5.43. The van der Waals surface area contributed by atoms with Crippen LogP contribution in [0.4, 0.5) is 11.4 Å². The molecule has 0 radical (unpaired) electrons. The van der Waals surface area contributed by atoms with Gasteiger partial charge in [-0.05, 0) is 23.8 Å². The first kappa shape index (κ1) is 12.8. The minimum absolute atomic E-state index is 0.0565. The number of carbonyl (C=O) groups is 1. The second-order valence-corrected chi connectivity index (χ2v) is 4.90. The van der Waals surface area contributed by atoms with Gasteiger partial charge in [0.25, 0.3) is 5.91 Å². The molecule has 0 saturated heterocycles. The summed E-state index contributed by atoms with van der Waals surface area (Å²) in [4.78, 5) is 11.2. The Morgan fingerprint density at radius 3 is 2.95 bits per heavy atom. The van der Waals surface area contributed by atoms with Crippen molar-refractivity contribution in [2.75, 3.05) is 17.2 Å². The van der Waals surface area contributed by atoms with Crippen molar-refractivity contribution in [2.45, 2.75) is 6.54 Å². The number of rotatable bonds is 3. The standard InChI is InChI=1S/C15H13ClN2O2/c16-12-4-2-1-3-10(12)8-17-11-5-6-13-14(7-11)20-9-15(19)18-13/h1-7,17H,8-9H2,(H,18,19). The summed E-state index contributed by atoms with van der Waals surface area (Å²) in [6.07, 6.45) is 0. The zero-order valence-corrected chi connectivity index (χ0v) is 11.4. The van der Waals surface area contributed by atoms with Gasteiger partial charge in [0.15, 0.2) is 6.61 Å². The van der Waals surface area contributed by atoms with Crippen molar-refractivity contribution in [3.8, 4) is 5.75 Å². The predicted molar refractivity (Wildman–Crippen MR) is 79.3 cm³/mol. The largest absolute Gasteiger partial charge is 0.482 e. The maximum Gasteiger partial charge on any atom is 0.262 e. The molecule has 0 aliphatic carbocycles. The minimum Gasteiger partial charge on any atom is -0.482 e. The maximum atomic E-state index is 11.2. The molecule has 4 nitrogen and oxygen atoms in total. The van der Waals surface area contributed by atoms with Gasteiger partial charge in [0.05, 0.1) is 5.69 Å². The van der Waals surface area contributed by atoms with Crippen molar-refractivity contribution in [1.29, 1.82) is 0 Å². The molecule has 0 fully saturated rings. The Hall–Kier alpha value is -2.20. The number of hydrogen-bond donors (Lipinski definition) is 2. The molecule has 0 aromatic heterocycles. The van der Waals surface area contributed by atoms with Crippen molar-refractivity contribution in [3.63, 3.8) is 0 Å². The molecule has 0 spiro atoms. The number of hydrogen-bond acceptors (Lipinski definition) is 3. The molecule has 3 rings (SSSR count). The first-order valence-electron chi connectivity index (χ1n) is 6.26. The number of benzene rings is 2. The van der Waals surface area contributed by atoms with E-state index in [9.17, 15) is 4.79 Å². The SMILES string of the molecule is O=C1COc2cc(NCc3ccccc3Cl)ccc2N1. The fourth-order valence-electron chi connectivity index (χ4n) is 2.02. The molecule has 2 N–H and O–H groups in total. The number of fused-ring (bicyclic) bond motifs is 1. The van der Waals surface area contributed by atoms with Gasteiger partial charge in [0, 0.05) is 23.3 Å². The highest BCUT2D eigenvalue weighted by atomic mass is 35.5. The average molecular weight is 289 g/mol. The van der Waals surface area contributed by atoms with Gasteiger partial charge in [-0.25, -0.2) is 0 Å². The first-order chi connectivity index (χ1) is 9.72. The third-order valence-electron chi connectivity index (χ3n) is 3.06. The van der Waals surface area contributed by atoms with Gasteiger partial charge in [-0.3, -0.25) is 4.79 Å². The van der Waals surface area contributed by atoms with E-state index in [1.54, 1.807) is 0 Å². The van der Waals surface area contributed by atoms with Crippen LogP contribution in [0.1, 0.15) is 5.56 Å². The smallest absolute Gasteiger partial charge is 0.262 e. The molecule has 2 aromatic rings. The first-order valence-corrected chi connectivity index (χ1v) is 6.64. The highest BCUT2D eigenvalue weighted by molar-refractivity contribution is 6.31. The lowest BCUT2D eigenvalue weighted by atomic mass is 10.2. The van der Waals surface area contributed by atoms with Crippen LogP contribution >= 0.6 is 11.6 Å². The molecule has 20 heavy (non-hydrogen) atoms. The lowest BCUT2D eigenvalue weighted by Crippen LogP contribution is -2.25. The van der Waals surface area contributed by atoms with Crippen LogP contribution in [-0.2, 0) is 11.3 Å². The van der Waals surface area contributed by atoms with Crippen LogP contribution in [0.3, 0.4) is 0 Å². The zero-order chi connectivity index (χ0) is 13.9. The minimum atomic E-state index is -0.130. The molecule has 0 unspecified atom stereocenters. The van der Waals surface area contributed by atoms with Gasteiger partial charge in [0.1, 0.15) is 5.75 Å². The third kappa shape index (κ3) is 2.70. The monoisotopic (exact) mass is 288 g/mol. The average Bonchev–Trinajstić information content (AvgIpc) is 2.46. The predicted octanol–water partition coefficient (Wildman–Crippen LogP) is 3.28. The van der Waals surface area contributed by atoms with Crippen LogP contribution in [0.15, 0.2) is 42.5 Å². The van der Waals surface area contributed by atoms with E-state index in [1.165, 1.54) is 0 Å². The van der Waals surface area contributed by atoms with Gasteiger partial charge in [-0.2, -0.15) is 0 Å². The number of carbonyl (C=O) groups excluding carboxylic acids is 1. The molecule has 0 saturated carbocycles. The third-order valence-corrected chi connectivity index (χ3v) is 3.42. The molecule has 2 aromatic carbocycles. The van der Waals surface area contributed by atoms with Gasteiger partial charge in [0.2, 0.25) is 0 Å². The molecule has 0 atom stereocenters. The highest BCUT2D eigenvalue weighted by Gasteiger charge is 2.15. The lowest BCUT2D eigenvalue weighted by molar-refractivity contribution is -0.118. The molecular weight excluding hydrogens is 276 g/mol. The number of amides is 1. The van der Waals surface area contributed by atoms with E-state index in [2.05, 4.69) is 10.6 Å². The maximum absolute atomic E-state index is 11.2. The Morgan fingerprint density at radius 1 is 1.25 bits per heavy atom. The van der Waals surface area contributed by atoms with E-state index in [4.69, 9.17) is 16.3 Å². The molecule has 0 bridgehead atoms. The van der Waals surface area contributed by atoms with Gasteiger partial charge in [-0.1, -0.05) is 29.8 Å². The molecule has 5 heteroatoms. The van der Waals surface area contributed by atoms with E-state index >= 15 is 0 Å². The van der Waals surface area contributed by atoms with E-state index in [-0.39, 0.29) is 12.5 Å². The number of ether oxygens (including phenoxy) is 1. The van der Waals surface area contributed by atoms with Crippen molar-refractivity contribution < 1.29 is 9.53 Å². The van der Waals surface area contributed by atoms with Crippen LogP contribution in [-0.4, -0.2) is 12.5 Å². The van der Waals surface area contributed by atoms with Crippen molar-refractivity contribution in [3.05, 3.63) is 53.1 Å². The topological polar surface area (TPSA) is 50.4 Å². The second-order valence-electron chi connectivity index (χ2n) is 4.49. The Kier molecular flexibility index (Phi) is 3.48. The van der Waals surface area contributed by atoms with Gasteiger partial charge in [-0.15, -0.1) is 0 Å². The van der Waals surface area contributed by atoms with E-state index < -0.39 is 0 Å². The summed E-state index contributed by atoms with van der Waals surface area (Å²) in [5, 5.41) is 6.78. The number of halogens is 1. The lowest BCUT2D eigenvalue weighted by Gasteiger charge is -2.19. The van der Waals surface area contributed by atoms with Crippen LogP contribution < -0.4 is 15.4 Å². The summed E-state index contributed by atoms with van der Waals surface area (Å²) in [5.41, 5.74) is 2.64. The zero-order valence-electron chi connectivity index (χ0n) is 10.7. The van der Waals surface area contributed by atoms with Crippen LogP contribution in [0.25, 0.3) is 0 Å². The molecule has 1 aliphatic heterocycles. The normalized spacial score (nSPS) is 13.2. The van der Waals surface area contributed by atoms with Crippen molar-refractivity contribution in [1.82, 2.24) is 0 Å². The van der Waals surface area contributed by atoms with Crippen molar-refractivity contribution in [2.24, 2.45) is 0 Å². The fourth-order valence-corrected chi connectivity index (χ4v) is 2.23. The Morgan fingerprint density at radius 2 is 2.10 bits per heavy atom. The fraction of sp³-hybridized carbons (Fsp3) is 0.133. The molecule has 1 amide bonds. The number of anilines is 2. The van der Waals surface area contributed by atoms with Crippen LogP contribution in [0, 0.1) is 0 Å². The summed E-state index contributed by atoms with van der Waals surface area (Å²) < 4.78 is 5.37. The Balaban J connectivity index is 1.73. The van der Waals surface area contributed by atoms with Gasteiger partial charge >= 0.3 is 0 Å². The summed E-state index contributed by atoms with van der Waals surface area (Å²) in [6, 6.07) is 13.3. The van der Waals surface area contributed by atoms with E-state index in [1.807, 2.05) is 42.5 Å². The molecule has 102 valence electrons. The summed E-state index contributed by atoms with van der Waals surface area (Å²) in [7, 11) is 0. The molecule has 1 heterocycles. The van der Waals surface area contributed by atoms with Gasteiger partial charge < -0.3 is 15.4 Å². The van der Waals surface area contributed by atoms with Crippen molar-refractivity contribution >= 4 is 28.9 Å². The van der Waals surface area contributed by atoms with E-state index in [0.29, 0.717) is 18.0 Å². The number of nitrogens with one attached hydrogen (secondary N) is 2. The quantitative estimate of drug-likeness (QED) is 0.911. The van der Waals surface area contributed by atoms with Crippen LogP contribution in [0.5, 0.6) is 5.75 Å². The van der Waals surface area contributed by atoms with E-state index in [0.717, 1.165) is 16.3 Å². The Bertz CT molecular complexity index is 658. The van der Waals surface area contributed by atoms with Crippen LogP contribution in [0.2, 0.25) is 5.02 Å². The molecular formula is C15H13ClN2O2.